The van der Waals surface area contributed by atoms with Gasteiger partial charge in [0.1, 0.15) is 18.0 Å². The molecule has 30 heavy (non-hydrogen) atoms. The Kier molecular flexibility index (Phi) is 5.74. The quantitative estimate of drug-likeness (QED) is 0.673. The lowest BCUT2D eigenvalue weighted by Gasteiger charge is -2.22. The fourth-order valence-electron chi connectivity index (χ4n) is 4.16. The minimum Gasteiger partial charge on any atom is -0.497 e. The van der Waals surface area contributed by atoms with Crippen LogP contribution in [0, 0.1) is 0 Å². The number of aromatic nitrogens is 3. The number of anilines is 1. The summed E-state index contributed by atoms with van der Waals surface area (Å²) in [5.74, 6) is 0.802. The van der Waals surface area contributed by atoms with Crippen LogP contribution in [0.5, 0.6) is 11.5 Å². The molecule has 1 saturated carbocycles. The number of methoxy groups -OCH3 is 2. The molecule has 0 spiro atoms. The largest absolute Gasteiger partial charge is 0.497 e. The molecule has 4 rings (SSSR count). The minimum atomic E-state index is -0.313. The average molecular weight is 410 g/mol. The molecule has 1 amide bonds. The summed E-state index contributed by atoms with van der Waals surface area (Å²) in [6.07, 6.45) is 7.02. The van der Waals surface area contributed by atoms with Gasteiger partial charge in [-0.3, -0.25) is 13.9 Å². The van der Waals surface area contributed by atoms with E-state index in [1.807, 2.05) is 6.07 Å². The second-order valence-corrected chi connectivity index (χ2v) is 7.49. The number of imidazole rings is 1. The van der Waals surface area contributed by atoms with E-state index in [0.717, 1.165) is 25.7 Å². The molecule has 8 nitrogen and oxygen atoms in total. The molecule has 1 N–H and O–H groups in total. The molecule has 1 aliphatic rings. The predicted octanol–water partition coefficient (Wildman–Crippen LogP) is 3.36. The monoisotopic (exact) mass is 410 g/mol. The Labute approximate surface area is 174 Å². The third-order valence-electron chi connectivity index (χ3n) is 5.65. The minimum absolute atomic E-state index is 0.101. The topological polar surface area (TPSA) is 87.4 Å². The Balaban J connectivity index is 1.63. The van der Waals surface area contributed by atoms with E-state index in [2.05, 4.69) is 10.3 Å². The molecule has 158 valence electrons. The number of carbonyl (C=O) groups excluding carboxylic acids is 1. The van der Waals surface area contributed by atoms with Gasteiger partial charge in [-0.25, -0.2) is 9.78 Å². The Morgan fingerprint density at radius 3 is 2.70 bits per heavy atom. The molecule has 3 aromatic rings. The zero-order chi connectivity index (χ0) is 21.1. The third-order valence-corrected chi connectivity index (χ3v) is 5.65. The Hall–Kier alpha value is -3.29. The van der Waals surface area contributed by atoms with Gasteiger partial charge in [0.15, 0.2) is 5.65 Å². The molecule has 8 heteroatoms. The van der Waals surface area contributed by atoms with Crippen molar-refractivity contribution >= 4 is 22.8 Å². The van der Waals surface area contributed by atoms with Crippen molar-refractivity contribution in [1.82, 2.24) is 14.1 Å². The first kappa shape index (κ1) is 20.0. The molecule has 0 radical (unpaired) electrons. The molecular weight excluding hydrogens is 384 g/mol. The van der Waals surface area contributed by atoms with Crippen molar-refractivity contribution in [2.45, 2.75) is 44.7 Å². The maximum absolute atomic E-state index is 13.2. The van der Waals surface area contributed by atoms with E-state index >= 15 is 0 Å². The van der Waals surface area contributed by atoms with Crippen LogP contribution in [0.4, 0.5) is 5.69 Å². The number of amides is 1. The van der Waals surface area contributed by atoms with E-state index in [1.165, 1.54) is 18.1 Å². The highest BCUT2D eigenvalue weighted by atomic mass is 16.5. The first-order valence-electron chi connectivity index (χ1n) is 10.2. The van der Waals surface area contributed by atoms with Gasteiger partial charge in [-0.2, -0.15) is 0 Å². The zero-order valence-corrected chi connectivity index (χ0v) is 17.3. The van der Waals surface area contributed by atoms with E-state index in [9.17, 15) is 9.59 Å². The molecule has 0 atom stereocenters. The van der Waals surface area contributed by atoms with Crippen LogP contribution < -0.4 is 20.5 Å². The summed E-state index contributed by atoms with van der Waals surface area (Å²) in [7, 11) is 3.09. The van der Waals surface area contributed by atoms with Gasteiger partial charge in [0, 0.05) is 18.3 Å². The summed E-state index contributed by atoms with van der Waals surface area (Å²) < 4.78 is 13.8. The molecule has 1 fully saturated rings. The van der Waals surface area contributed by atoms with Crippen molar-refractivity contribution in [3.8, 4) is 11.5 Å². The van der Waals surface area contributed by atoms with Gasteiger partial charge in [-0.1, -0.05) is 19.3 Å². The van der Waals surface area contributed by atoms with Crippen LogP contribution in [0.3, 0.4) is 0 Å². The standard InChI is InChI=1S/C22H26N4O4/c1-29-16-10-11-17(19(13-16)30-2)24-20(27)14-25-18-9-6-12-23-21(18)26(22(25)28)15-7-4-3-5-8-15/h6,9-13,15H,3-5,7-8,14H2,1-2H3,(H,24,27). The third kappa shape index (κ3) is 3.77. The average Bonchev–Trinajstić information content (AvgIpc) is 3.06. The number of hydrogen-bond acceptors (Lipinski definition) is 5. The smallest absolute Gasteiger partial charge is 0.331 e. The highest BCUT2D eigenvalue weighted by Crippen LogP contribution is 2.30. The first-order chi connectivity index (χ1) is 14.6. The normalized spacial score (nSPS) is 14.6. The second-order valence-electron chi connectivity index (χ2n) is 7.49. The summed E-state index contributed by atoms with van der Waals surface area (Å²) in [6.45, 7) is -0.101. The number of ether oxygens (including phenoxy) is 2. The van der Waals surface area contributed by atoms with Crippen molar-refractivity contribution < 1.29 is 14.3 Å². The van der Waals surface area contributed by atoms with Crippen LogP contribution in [0.25, 0.3) is 11.2 Å². The number of benzene rings is 1. The van der Waals surface area contributed by atoms with E-state index in [0.29, 0.717) is 28.4 Å². The molecule has 0 unspecified atom stereocenters. The molecular formula is C22H26N4O4. The number of pyridine rings is 1. The van der Waals surface area contributed by atoms with Crippen LogP contribution in [0.1, 0.15) is 38.1 Å². The molecule has 2 heterocycles. The highest BCUT2D eigenvalue weighted by Gasteiger charge is 2.24. The lowest BCUT2D eigenvalue weighted by atomic mass is 9.95. The van der Waals surface area contributed by atoms with Gasteiger partial charge in [0.05, 0.1) is 25.4 Å². The highest BCUT2D eigenvalue weighted by molar-refractivity contribution is 5.93. The molecule has 0 bridgehead atoms. The van der Waals surface area contributed by atoms with E-state index in [4.69, 9.17) is 9.47 Å². The Morgan fingerprint density at radius 1 is 1.17 bits per heavy atom. The molecule has 0 aliphatic heterocycles. The number of rotatable bonds is 6. The molecule has 1 aliphatic carbocycles. The van der Waals surface area contributed by atoms with Gasteiger partial charge in [0.25, 0.3) is 0 Å². The number of carbonyl (C=O) groups is 1. The summed E-state index contributed by atoms with van der Waals surface area (Å²) >= 11 is 0. The first-order valence-corrected chi connectivity index (χ1v) is 10.2. The van der Waals surface area contributed by atoms with Crippen LogP contribution in [-0.2, 0) is 11.3 Å². The maximum atomic E-state index is 13.2. The summed E-state index contributed by atoms with van der Waals surface area (Å²) in [4.78, 5) is 30.5. The van der Waals surface area contributed by atoms with Gasteiger partial charge in [-0.05, 0) is 37.1 Å². The molecule has 0 saturated heterocycles. The van der Waals surface area contributed by atoms with Crippen molar-refractivity contribution in [3.05, 3.63) is 47.0 Å². The fourth-order valence-corrected chi connectivity index (χ4v) is 4.16. The molecule has 2 aromatic heterocycles. The zero-order valence-electron chi connectivity index (χ0n) is 17.3. The van der Waals surface area contributed by atoms with Crippen LogP contribution >= 0.6 is 0 Å². The van der Waals surface area contributed by atoms with E-state index in [1.54, 1.807) is 42.1 Å². The van der Waals surface area contributed by atoms with E-state index in [-0.39, 0.29) is 24.2 Å². The summed E-state index contributed by atoms with van der Waals surface area (Å²) in [6, 6.07) is 8.90. The van der Waals surface area contributed by atoms with Gasteiger partial charge < -0.3 is 14.8 Å². The summed E-state index contributed by atoms with van der Waals surface area (Å²) in [5.41, 5.74) is 1.65. The van der Waals surface area contributed by atoms with Gasteiger partial charge in [-0.15, -0.1) is 0 Å². The lowest BCUT2D eigenvalue weighted by Crippen LogP contribution is -2.32. The number of nitrogens with zero attached hydrogens (tertiary/aromatic N) is 3. The van der Waals surface area contributed by atoms with Gasteiger partial charge in [0.2, 0.25) is 5.91 Å². The lowest BCUT2D eigenvalue weighted by molar-refractivity contribution is -0.116. The van der Waals surface area contributed by atoms with Crippen LogP contribution in [0.2, 0.25) is 0 Å². The number of nitrogens with one attached hydrogen (secondary N) is 1. The van der Waals surface area contributed by atoms with Crippen molar-refractivity contribution in [2.75, 3.05) is 19.5 Å². The van der Waals surface area contributed by atoms with Crippen molar-refractivity contribution in [1.29, 1.82) is 0 Å². The van der Waals surface area contributed by atoms with Gasteiger partial charge >= 0.3 is 5.69 Å². The summed E-state index contributed by atoms with van der Waals surface area (Å²) in [5, 5.41) is 2.83. The Morgan fingerprint density at radius 2 is 1.97 bits per heavy atom. The van der Waals surface area contributed by atoms with Crippen molar-refractivity contribution in [3.63, 3.8) is 0 Å². The number of fused-ring (bicyclic) bond motifs is 1. The van der Waals surface area contributed by atoms with Crippen LogP contribution in [-0.4, -0.2) is 34.2 Å². The second kappa shape index (κ2) is 8.61. The predicted molar refractivity (Wildman–Crippen MR) is 114 cm³/mol. The fraction of sp³-hybridized carbons (Fsp3) is 0.409. The maximum Gasteiger partial charge on any atom is 0.331 e. The van der Waals surface area contributed by atoms with E-state index < -0.39 is 0 Å². The SMILES string of the molecule is COc1ccc(NC(=O)Cn2c(=O)n(C3CCCCC3)c3ncccc32)c(OC)c1. The Bertz CT molecular complexity index is 1110. The molecule has 1 aromatic carbocycles. The van der Waals surface area contributed by atoms with Crippen molar-refractivity contribution in [2.24, 2.45) is 0 Å². The number of hydrogen-bond donors (Lipinski definition) is 1. The van der Waals surface area contributed by atoms with Crippen LogP contribution in [0.15, 0.2) is 41.3 Å².